The zero-order valence-corrected chi connectivity index (χ0v) is 14.4. The smallest absolute Gasteiger partial charge is 0.289 e. The van der Waals surface area contributed by atoms with E-state index < -0.39 is 0 Å². The Bertz CT molecular complexity index is 758. The zero-order valence-electron chi connectivity index (χ0n) is 14.4. The number of furan rings is 1. The first-order valence-electron chi connectivity index (χ1n) is 8.59. The van der Waals surface area contributed by atoms with Crippen molar-refractivity contribution in [2.75, 3.05) is 32.7 Å². The molecule has 0 aliphatic carbocycles. The predicted molar refractivity (Wildman–Crippen MR) is 94.6 cm³/mol. The standard InChI is InChI=1S/C19H21N3O4/c23-17(14-20-18(24)15-6-2-1-3-7-15)21-9-5-10-22(12-11-21)19(25)16-8-4-13-26-16/h1-4,6-8,13H,5,9-12,14H2,(H,20,24). The molecule has 1 saturated heterocycles. The minimum Gasteiger partial charge on any atom is -0.459 e. The lowest BCUT2D eigenvalue weighted by Crippen LogP contribution is -2.42. The molecule has 3 amide bonds. The van der Waals surface area contributed by atoms with Gasteiger partial charge in [-0.15, -0.1) is 0 Å². The van der Waals surface area contributed by atoms with Crippen molar-refractivity contribution in [2.45, 2.75) is 6.42 Å². The Kier molecular flexibility index (Phi) is 5.68. The van der Waals surface area contributed by atoms with Crippen molar-refractivity contribution in [3.63, 3.8) is 0 Å². The van der Waals surface area contributed by atoms with Gasteiger partial charge in [0, 0.05) is 31.7 Å². The molecule has 0 saturated carbocycles. The van der Waals surface area contributed by atoms with Crippen molar-refractivity contribution in [3.05, 3.63) is 60.1 Å². The van der Waals surface area contributed by atoms with Crippen LogP contribution in [0.4, 0.5) is 0 Å². The number of rotatable bonds is 4. The van der Waals surface area contributed by atoms with E-state index in [2.05, 4.69) is 5.32 Å². The average Bonchev–Trinajstić information content (AvgIpc) is 3.10. The highest BCUT2D eigenvalue weighted by Gasteiger charge is 2.24. The van der Waals surface area contributed by atoms with Crippen molar-refractivity contribution >= 4 is 17.7 Å². The topological polar surface area (TPSA) is 82.9 Å². The van der Waals surface area contributed by atoms with E-state index in [1.165, 1.54) is 6.26 Å². The monoisotopic (exact) mass is 355 g/mol. The molecule has 7 nitrogen and oxygen atoms in total. The molecule has 1 N–H and O–H groups in total. The summed E-state index contributed by atoms with van der Waals surface area (Å²) in [5.41, 5.74) is 0.520. The second-order valence-corrected chi connectivity index (χ2v) is 6.05. The van der Waals surface area contributed by atoms with E-state index in [1.807, 2.05) is 6.07 Å². The molecule has 1 aromatic carbocycles. The highest BCUT2D eigenvalue weighted by Crippen LogP contribution is 2.10. The summed E-state index contributed by atoms with van der Waals surface area (Å²) in [6, 6.07) is 12.1. The summed E-state index contributed by atoms with van der Waals surface area (Å²) in [7, 11) is 0. The van der Waals surface area contributed by atoms with Crippen molar-refractivity contribution in [1.82, 2.24) is 15.1 Å². The molecule has 1 aliphatic rings. The van der Waals surface area contributed by atoms with Crippen LogP contribution >= 0.6 is 0 Å². The summed E-state index contributed by atoms with van der Waals surface area (Å²) >= 11 is 0. The van der Waals surface area contributed by atoms with Gasteiger partial charge in [-0.1, -0.05) is 18.2 Å². The number of hydrogen-bond acceptors (Lipinski definition) is 4. The Morgan fingerprint density at radius 2 is 1.65 bits per heavy atom. The molecule has 26 heavy (non-hydrogen) atoms. The van der Waals surface area contributed by atoms with E-state index in [0.717, 1.165) is 0 Å². The molecule has 1 fully saturated rings. The van der Waals surface area contributed by atoms with Crippen LogP contribution in [0.3, 0.4) is 0 Å². The molecule has 1 aromatic heterocycles. The fourth-order valence-electron chi connectivity index (χ4n) is 2.89. The molecule has 0 spiro atoms. The van der Waals surface area contributed by atoms with Gasteiger partial charge in [-0.25, -0.2) is 0 Å². The second kappa shape index (κ2) is 8.33. The molecule has 0 unspecified atom stereocenters. The number of amides is 3. The number of benzene rings is 1. The summed E-state index contributed by atoms with van der Waals surface area (Å²) in [6.45, 7) is 1.95. The Morgan fingerprint density at radius 1 is 0.923 bits per heavy atom. The molecule has 0 bridgehead atoms. The Labute approximate surface area is 151 Å². The van der Waals surface area contributed by atoms with Gasteiger partial charge in [0.15, 0.2) is 5.76 Å². The SMILES string of the molecule is O=C(NCC(=O)N1CCCN(C(=O)c2ccco2)CC1)c1ccccc1. The lowest BCUT2D eigenvalue weighted by molar-refractivity contribution is -0.129. The molecule has 0 radical (unpaired) electrons. The van der Waals surface area contributed by atoms with Crippen molar-refractivity contribution in [1.29, 1.82) is 0 Å². The molecule has 2 aromatic rings. The van der Waals surface area contributed by atoms with Gasteiger partial charge in [-0.2, -0.15) is 0 Å². The zero-order chi connectivity index (χ0) is 18.4. The van der Waals surface area contributed by atoms with Crippen LogP contribution in [0, 0.1) is 0 Å². The maximum Gasteiger partial charge on any atom is 0.289 e. The van der Waals surface area contributed by atoms with Crippen LogP contribution in [0.5, 0.6) is 0 Å². The van der Waals surface area contributed by atoms with Crippen LogP contribution in [-0.2, 0) is 4.79 Å². The Morgan fingerprint density at radius 3 is 2.38 bits per heavy atom. The number of carbonyl (C=O) groups excluding carboxylic acids is 3. The number of nitrogens with one attached hydrogen (secondary N) is 1. The van der Waals surface area contributed by atoms with E-state index in [1.54, 1.807) is 46.2 Å². The van der Waals surface area contributed by atoms with Gasteiger partial charge in [0.1, 0.15) is 0 Å². The maximum atomic E-state index is 12.4. The summed E-state index contributed by atoms with van der Waals surface area (Å²) in [5, 5.41) is 2.65. The fraction of sp³-hybridized carbons (Fsp3) is 0.316. The summed E-state index contributed by atoms with van der Waals surface area (Å²) in [5.74, 6) is -0.286. The minimum absolute atomic E-state index is 0.0557. The van der Waals surface area contributed by atoms with Gasteiger partial charge in [-0.3, -0.25) is 14.4 Å². The van der Waals surface area contributed by atoms with E-state index in [-0.39, 0.29) is 24.3 Å². The van der Waals surface area contributed by atoms with E-state index in [9.17, 15) is 14.4 Å². The van der Waals surface area contributed by atoms with Crippen LogP contribution in [0.2, 0.25) is 0 Å². The summed E-state index contributed by atoms with van der Waals surface area (Å²) in [4.78, 5) is 40.1. The van der Waals surface area contributed by atoms with Crippen LogP contribution < -0.4 is 5.32 Å². The first kappa shape index (κ1) is 17.7. The molecule has 3 rings (SSSR count). The Hall–Kier alpha value is -3.09. The molecule has 2 heterocycles. The lowest BCUT2D eigenvalue weighted by atomic mass is 10.2. The third-order valence-corrected chi connectivity index (χ3v) is 4.30. The molecule has 0 atom stereocenters. The van der Waals surface area contributed by atoms with Gasteiger partial charge in [0.05, 0.1) is 12.8 Å². The van der Waals surface area contributed by atoms with Gasteiger partial charge in [-0.05, 0) is 30.7 Å². The Balaban J connectivity index is 1.50. The van der Waals surface area contributed by atoms with E-state index >= 15 is 0 Å². The highest BCUT2D eigenvalue weighted by atomic mass is 16.3. The van der Waals surface area contributed by atoms with Crippen molar-refractivity contribution < 1.29 is 18.8 Å². The first-order chi connectivity index (χ1) is 12.6. The number of nitrogens with zero attached hydrogens (tertiary/aromatic N) is 2. The summed E-state index contributed by atoms with van der Waals surface area (Å²) in [6.07, 6.45) is 2.15. The lowest BCUT2D eigenvalue weighted by Gasteiger charge is -2.21. The van der Waals surface area contributed by atoms with Crippen LogP contribution in [0.15, 0.2) is 53.1 Å². The minimum atomic E-state index is -0.275. The number of hydrogen-bond donors (Lipinski definition) is 1. The molecule has 1 aliphatic heterocycles. The normalized spacial score (nSPS) is 14.6. The third kappa shape index (κ3) is 4.30. The van der Waals surface area contributed by atoms with Gasteiger partial charge in [0.25, 0.3) is 11.8 Å². The average molecular weight is 355 g/mol. The van der Waals surface area contributed by atoms with E-state index in [0.29, 0.717) is 43.9 Å². The van der Waals surface area contributed by atoms with Gasteiger partial charge in [0.2, 0.25) is 5.91 Å². The third-order valence-electron chi connectivity index (χ3n) is 4.30. The van der Waals surface area contributed by atoms with Crippen LogP contribution in [-0.4, -0.2) is 60.2 Å². The highest BCUT2D eigenvalue weighted by molar-refractivity contribution is 5.96. The fourth-order valence-corrected chi connectivity index (χ4v) is 2.89. The van der Waals surface area contributed by atoms with Crippen molar-refractivity contribution in [2.24, 2.45) is 0 Å². The van der Waals surface area contributed by atoms with Crippen LogP contribution in [0.1, 0.15) is 27.3 Å². The van der Waals surface area contributed by atoms with Crippen LogP contribution in [0.25, 0.3) is 0 Å². The first-order valence-corrected chi connectivity index (χ1v) is 8.59. The van der Waals surface area contributed by atoms with E-state index in [4.69, 9.17) is 4.42 Å². The maximum absolute atomic E-state index is 12.4. The predicted octanol–water partition coefficient (Wildman–Crippen LogP) is 1.38. The molecular formula is C19H21N3O4. The number of carbonyl (C=O) groups is 3. The summed E-state index contributed by atoms with van der Waals surface area (Å²) < 4.78 is 5.15. The van der Waals surface area contributed by atoms with Gasteiger partial charge >= 0.3 is 0 Å². The van der Waals surface area contributed by atoms with Crippen molar-refractivity contribution in [3.8, 4) is 0 Å². The second-order valence-electron chi connectivity index (χ2n) is 6.05. The molecule has 136 valence electrons. The molecular weight excluding hydrogens is 334 g/mol. The largest absolute Gasteiger partial charge is 0.459 e. The molecule has 7 heteroatoms. The van der Waals surface area contributed by atoms with Gasteiger partial charge < -0.3 is 19.5 Å². The quantitative estimate of drug-likeness (QED) is 0.898.